The molecule has 5 nitrogen and oxygen atoms in total. The van der Waals surface area contributed by atoms with Gasteiger partial charge in [-0.05, 0) is 30.2 Å². The Bertz CT molecular complexity index is 957. The number of nitrogens with two attached hydrogens (primary N) is 1. The van der Waals surface area contributed by atoms with E-state index in [2.05, 4.69) is 6.07 Å². The zero-order valence-electron chi connectivity index (χ0n) is 14.6. The summed E-state index contributed by atoms with van der Waals surface area (Å²) in [7, 11) is 0. The molecule has 0 saturated carbocycles. The molecule has 0 fully saturated rings. The molecular weight excluding hydrogens is 364 g/mol. The van der Waals surface area contributed by atoms with Crippen molar-refractivity contribution in [1.82, 2.24) is 0 Å². The van der Waals surface area contributed by atoms with Crippen molar-refractivity contribution in [2.24, 2.45) is 5.73 Å². The van der Waals surface area contributed by atoms with Crippen LogP contribution >= 0.6 is 11.6 Å². The van der Waals surface area contributed by atoms with Crippen molar-refractivity contribution in [2.45, 2.75) is 19.4 Å². The first-order valence-electron chi connectivity index (χ1n) is 8.26. The van der Waals surface area contributed by atoms with Gasteiger partial charge < -0.3 is 15.2 Å². The van der Waals surface area contributed by atoms with Crippen LogP contribution in [0.3, 0.4) is 0 Å². The summed E-state index contributed by atoms with van der Waals surface area (Å²) in [5.41, 5.74) is 7.86. The summed E-state index contributed by atoms with van der Waals surface area (Å²) in [5, 5.41) is 10.1. The number of carbonyl (C=O) groups is 1. The molecular formula is C21H17ClN2O3. The number of allylic oxidation sites excluding steroid dienone is 2. The molecule has 6 heteroatoms. The Morgan fingerprint density at radius 3 is 2.52 bits per heavy atom. The summed E-state index contributed by atoms with van der Waals surface area (Å²) >= 11 is 5.96. The van der Waals surface area contributed by atoms with Crippen LogP contribution < -0.4 is 5.73 Å². The van der Waals surface area contributed by atoms with Crippen molar-refractivity contribution in [3.05, 3.63) is 93.5 Å². The Hall–Kier alpha value is -3.23. The lowest BCUT2D eigenvalue weighted by Crippen LogP contribution is -2.25. The van der Waals surface area contributed by atoms with Gasteiger partial charge in [-0.15, -0.1) is 0 Å². The number of carbonyl (C=O) groups excluding carboxylic acids is 1. The number of hydrogen-bond donors (Lipinski definition) is 1. The van der Waals surface area contributed by atoms with E-state index in [0.717, 1.165) is 5.56 Å². The zero-order chi connectivity index (χ0) is 19.4. The molecule has 0 spiro atoms. The lowest BCUT2D eigenvalue weighted by Gasteiger charge is -2.27. The molecule has 0 aromatic heterocycles. The first-order valence-corrected chi connectivity index (χ1v) is 8.64. The Morgan fingerprint density at radius 2 is 1.89 bits per heavy atom. The van der Waals surface area contributed by atoms with Crippen molar-refractivity contribution in [3.63, 3.8) is 0 Å². The number of nitrogens with zero attached hydrogens (tertiary/aromatic N) is 1. The van der Waals surface area contributed by atoms with Crippen LogP contribution in [0.2, 0.25) is 5.02 Å². The maximum absolute atomic E-state index is 12.8. The van der Waals surface area contributed by atoms with Crippen LogP contribution in [-0.4, -0.2) is 5.97 Å². The molecule has 1 atom stereocenters. The highest BCUT2D eigenvalue weighted by molar-refractivity contribution is 6.30. The average molecular weight is 381 g/mol. The number of nitriles is 1. The van der Waals surface area contributed by atoms with Crippen molar-refractivity contribution >= 4 is 17.6 Å². The van der Waals surface area contributed by atoms with Crippen LogP contribution in [-0.2, 0) is 20.9 Å². The third-order valence-corrected chi connectivity index (χ3v) is 4.49. The second-order valence-corrected chi connectivity index (χ2v) is 6.44. The van der Waals surface area contributed by atoms with Gasteiger partial charge in [-0.25, -0.2) is 4.79 Å². The molecule has 0 amide bonds. The number of hydrogen-bond acceptors (Lipinski definition) is 5. The van der Waals surface area contributed by atoms with Gasteiger partial charge in [0.2, 0.25) is 5.88 Å². The van der Waals surface area contributed by atoms with E-state index in [1.54, 1.807) is 31.2 Å². The summed E-state index contributed by atoms with van der Waals surface area (Å²) in [5.74, 6) is -0.945. The summed E-state index contributed by atoms with van der Waals surface area (Å²) in [6.45, 7) is 1.74. The Balaban J connectivity index is 1.94. The molecule has 0 saturated heterocycles. The Kier molecular flexibility index (Phi) is 5.49. The summed E-state index contributed by atoms with van der Waals surface area (Å²) < 4.78 is 10.9. The largest absolute Gasteiger partial charge is 0.457 e. The first-order chi connectivity index (χ1) is 13.0. The van der Waals surface area contributed by atoms with Crippen LogP contribution in [0.4, 0.5) is 0 Å². The maximum atomic E-state index is 12.8. The van der Waals surface area contributed by atoms with Crippen LogP contribution in [0.5, 0.6) is 0 Å². The predicted molar refractivity (Wildman–Crippen MR) is 101 cm³/mol. The Morgan fingerprint density at radius 1 is 1.22 bits per heavy atom. The standard InChI is InChI=1S/C21H17ClN2O3/c1-13-18(21(25)26-12-14-5-3-2-4-6-14)19(17(11-23)20(24)27-13)15-7-9-16(22)10-8-15/h2-10,19H,12,24H2,1H3. The van der Waals surface area contributed by atoms with E-state index in [4.69, 9.17) is 26.8 Å². The fraction of sp³-hybridized carbons (Fsp3) is 0.143. The Labute approximate surface area is 162 Å². The minimum absolute atomic E-state index is 0.0189. The van der Waals surface area contributed by atoms with Gasteiger partial charge in [0.05, 0.1) is 11.5 Å². The number of benzene rings is 2. The number of halogens is 1. The third kappa shape index (κ3) is 3.97. The summed E-state index contributed by atoms with van der Waals surface area (Å²) in [6, 6.07) is 18.3. The zero-order valence-corrected chi connectivity index (χ0v) is 15.4. The lowest BCUT2D eigenvalue weighted by molar-refractivity contribution is -0.140. The maximum Gasteiger partial charge on any atom is 0.338 e. The second kappa shape index (κ2) is 7.98. The third-order valence-electron chi connectivity index (χ3n) is 4.24. The van der Waals surface area contributed by atoms with Crippen molar-refractivity contribution in [1.29, 1.82) is 5.26 Å². The van der Waals surface area contributed by atoms with E-state index in [0.29, 0.717) is 16.3 Å². The molecule has 0 radical (unpaired) electrons. The van der Waals surface area contributed by atoms with Crippen LogP contribution in [0.1, 0.15) is 24.0 Å². The van der Waals surface area contributed by atoms with Crippen LogP contribution in [0.25, 0.3) is 0 Å². The fourth-order valence-corrected chi connectivity index (χ4v) is 3.06. The normalized spacial score (nSPS) is 16.6. The molecule has 136 valence electrons. The minimum atomic E-state index is -0.677. The minimum Gasteiger partial charge on any atom is -0.457 e. The van der Waals surface area contributed by atoms with E-state index >= 15 is 0 Å². The van der Waals surface area contributed by atoms with Gasteiger partial charge in [-0.1, -0.05) is 54.1 Å². The molecule has 2 N–H and O–H groups in total. The number of ether oxygens (including phenoxy) is 2. The molecule has 3 rings (SSSR count). The van der Waals surface area contributed by atoms with Gasteiger partial charge in [0.25, 0.3) is 0 Å². The number of rotatable bonds is 4. The predicted octanol–water partition coefficient (Wildman–Crippen LogP) is 4.17. The van der Waals surface area contributed by atoms with Gasteiger partial charge in [0, 0.05) is 5.02 Å². The highest BCUT2D eigenvalue weighted by atomic mass is 35.5. The molecule has 0 aliphatic carbocycles. The van der Waals surface area contributed by atoms with Gasteiger partial charge >= 0.3 is 5.97 Å². The molecule has 2 aromatic carbocycles. The highest BCUT2D eigenvalue weighted by Crippen LogP contribution is 2.39. The van der Waals surface area contributed by atoms with E-state index in [1.165, 1.54) is 0 Å². The van der Waals surface area contributed by atoms with E-state index in [9.17, 15) is 10.1 Å². The second-order valence-electron chi connectivity index (χ2n) is 6.01. The molecule has 27 heavy (non-hydrogen) atoms. The van der Waals surface area contributed by atoms with E-state index < -0.39 is 11.9 Å². The molecule has 2 aromatic rings. The monoisotopic (exact) mass is 380 g/mol. The van der Waals surface area contributed by atoms with E-state index in [1.807, 2.05) is 30.3 Å². The van der Waals surface area contributed by atoms with Crippen molar-refractivity contribution in [3.8, 4) is 6.07 Å². The quantitative estimate of drug-likeness (QED) is 0.805. The lowest BCUT2D eigenvalue weighted by atomic mass is 9.83. The molecule has 0 bridgehead atoms. The van der Waals surface area contributed by atoms with E-state index in [-0.39, 0.29) is 23.6 Å². The van der Waals surface area contributed by atoms with Crippen molar-refractivity contribution in [2.75, 3.05) is 0 Å². The molecule has 1 aliphatic heterocycles. The average Bonchev–Trinajstić information content (AvgIpc) is 2.67. The van der Waals surface area contributed by atoms with Crippen LogP contribution in [0, 0.1) is 11.3 Å². The highest BCUT2D eigenvalue weighted by Gasteiger charge is 2.36. The van der Waals surface area contributed by atoms with Crippen molar-refractivity contribution < 1.29 is 14.3 Å². The van der Waals surface area contributed by atoms with Gasteiger partial charge in [-0.3, -0.25) is 0 Å². The number of esters is 1. The summed E-state index contributed by atoms with van der Waals surface area (Å²) in [4.78, 5) is 12.8. The summed E-state index contributed by atoms with van der Waals surface area (Å²) in [6.07, 6.45) is 0. The van der Waals surface area contributed by atoms with Gasteiger partial charge in [0.1, 0.15) is 24.0 Å². The molecule has 1 heterocycles. The topological polar surface area (TPSA) is 85.3 Å². The smallest absolute Gasteiger partial charge is 0.338 e. The van der Waals surface area contributed by atoms with Gasteiger partial charge in [0.15, 0.2) is 0 Å². The fourth-order valence-electron chi connectivity index (χ4n) is 2.94. The molecule has 1 aliphatic rings. The van der Waals surface area contributed by atoms with Gasteiger partial charge in [-0.2, -0.15) is 5.26 Å². The first kappa shape index (κ1) is 18.6. The molecule has 1 unspecified atom stereocenters. The van der Waals surface area contributed by atoms with Crippen LogP contribution in [0.15, 0.2) is 77.4 Å². The SMILES string of the molecule is CC1=C(C(=O)OCc2ccccc2)C(c2ccc(Cl)cc2)C(C#N)=C(N)O1.